The zero-order valence-electron chi connectivity index (χ0n) is 17.9. The smallest absolute Gasteiger partial charge is 0.333 e. The van der Waals surface area contributed by atoms with Gasteiger partial charge in [-0.05, 0) is 26.7 Å². The van der Waals surface area contributed by atoms with E-state index in [1.807, 2.05) is 0 Å². The number of carbonyl (C=O) groups is 4. The minimum Gasteiger partial charge on any atom is -0.460 e. The predicted octanol–water partition coefficient (Wildman–Crippen LogP) is 1.38. The summed E-state index contributed by atoms with van der Waals surface area (Å²) in [7, 11) is 0. The quantitative estimate of drug-likeness (QED) is 0.178. The monoisotopic (exact) mass is 426 g/mol. The van der Waals surface area contributed by atoms with E-state index in [4.69, 9.17) is 9.47 Å². The molecule has 0 bridgehead atoms. The minimum atomic E-state index is -0.478. The maximum absolute atomic E-state index is 11.5. The molecule has 0 saturated carbocycles. The largest absolute Gasteiger partial charge is 0.460 e. The van der Waals surface area contributed by atoms with Crippen LogP contribution >= 0.6 is 0 Å². The molecule has 0 aromatic heterocycles. The van der Waals surface area contributed by atoms with Crippen LogP contribution in [0.5, 0.6) is 0 Å². The van der Waals surface area contributed by atoms with Crippen LogP contribution in [-0.4, -0.2) is 63.4 Å². The number of amides is 4. The number of rotatable bonds is 15. The molecule has 0 aliphatic carbocycles. The molecule has 0 heterocycles. The van der Waals surface area contributed by atoms with Gasteiger partial charge in [0.2, 0.25) is 0 Å². The molecule has 0 atom stereocenters. The van der Waals surface area contributed by atoms with Gasteiger partial charge in [-0.3, -0.25) is 0 Å². The Morgan fingerprint density at radius 2 is 0.933 bits per heavy atom. The van der Waals surface area contributed by atoms with Gasteiger partial charge in [0.05, 0.1) is 13.1 Å². The Morgan fingerprint density at radius 3 is 1.27 bits per heavy atom. The fourth-order valence-corrected chi connectivity index (χ4v) is 2.00. The van der Waals surface area contributed by atoms with Gasteiger partial charge in [-0.15, -0.1) is 0 Å². The Labute approximate surface area is 177 Å². The summed E-state index contributed by atoms with van der Waals surface area (Å²) < 4.78 is 9.72. The third-order valence-electron chi connectivity index (χ3n) is 3.61. The third kappa shape index (κ3) is 16.0. The molecule has 4 amide bonds. The van der Waals surface area contributed by atoms with E-state index >= 15 is 0 Å². The van der Waals surface area contributed by atoms with Crippen molar-refractivity contribution in [3.05, 3.63) is 24.3 Å². The molecular formula is C20H34N4O6. The van der Waals surface area contributed by atoms with E-state index in [0.29, 0.717) is 24.2 Å². The van der Waals surface area contributed by atoms with Gasteiger partial charge < -0.3 is 30.7 Å². The van der Waals surface area contributed by atoms with Crippen LogP contribution in [0.3, 0.4) is 0 Å². The van der Waals surface area contributed by atoms with Crippen LogP contribution < -0.4 is 21.3 Å². The van der Waals surface area contributed by atoms with Crippen LogP contribution in [0.4, 0.5) is 9.59 Å². The molecule has 0 radical (unpaired) electrons. The summed E-state index contributed by atoms with van der Waals surface area (Å²) in [5.41, 5.74) is 0.633. The number of hydrogen-bond acceptors (Lipinski definition) is 6. The second kappa shape index (κ2) is 16.9. The van der Waals surface area contributed by atoms with Gasteiger partial charge in [-0.1, -0.05) is 26.0 Å². The summed E-state index contributed by atoms with van der Waals surface area (Å²) in [6, 6.07) is -0.623. The van der Waals surface area contributed by atoms with Gasteiger partial charge in [0.25, 0.3) is 0 Å². The third-order valence-corrected chi connectivity index (χ3v) is 3.61. The van der Waals surface area contributed by atoms with Crippen molar-refractivity contribution in [1.82, 2.24) is 21.3 Å². The Balaban J connectivity index is 3.44. The lowest BCUT2D eigenvalue weighted by Gasteiger charge is -2.09. The number of unbranched alkanes of at least 4 members (excludes halogenated alkanes) is 3. The van der Waals surface area contributed by atoms with E-state index in [1.165, 1.54) is 0 Å². The first-order valence-electron chi connectivity index (χ1n) is 9.92. The molecule has 0 aliphatic rings. The van der Waals surface area contributed by atoms with E-state index in [1.54, 1.807) is 13.8 Å². The van der Waals surface area contributed by atoms with Gasteiger partial charge in [-0.25, -0.2) is 19.2 Å². The lowest BCUT2D eigenvalue weighted by atomic mass is 10.2. The van der Waals surface area contributed by atoms with Crippen molar-refractivity contribution in [2.75, 3.05) is 39.4 Å². The first kappa shape index (κ1) is 27.0. The molecule has 4 N–H and O–H groups in total. The molecule has 0 spiro atoms. The zero-order valence-corrected chi connectivity index (χ0v) is 17.9. The molecule has 0 unspecified atom stereocenters. The molecule has 0 aliphatic heterocycles. The molecule has 30 heavy (non-hydrogen) atoms. The highest BCUT2D eigenvalue weighted by Gasteiger charge is 2.05. The van der Waals surface area contributed by atoms with E-state index in [-0.39, 0.29) is 38.4 Å². The maximum atomic E-state index is 11.5. The van der Waals surface area contributed by atoms with Gasteiger partial charge in [0, 0.05) is 24.2 Å². The number of nitrogens with one attached hydrogen (secondary N) is 4. The minimum absolute atomic E-state index is 0.0966. The first-order valence-corrected chi connectivity index (χ1v) is 9.92. The van der Waals surface area contributed by atoms with Crippen molar-refractivity contribution in [3.63, 3.8) is 0 Å². The van der Waals surface area contributed by atoms with E-state index < -0.39 is 11.9 Å². The first-order chi connectivity index (χ1) is 14.2. The van der Waals surface area contributed by atoms with Crippen LogP contribution in [0.25, 0.3) is 0 Å². The topological polar surface area (TPSA) is 135 Å². The van der Waals surface area contributed by atoms with Crippen LogP contribution in [0.2, 0.25) is 0 Å². The molecule has 0 aromatic rings. The number of ether oxygens (including phenoxy) is 2. The number of carbonyl (C=O) groups excluding carboxylic acids is 4. The summed E-state index contributed by atoms with van der Waals surface area (Å²) in [4.78, 5) is 45.4. The van der Waals surface area contributed by atoms with Crippen molar-refractivity contribution in [1.29, 1.82) is 0 Å². The molecule has 0 rings (SSSR count). The second-order valence-electron chi connectivity index (χ2n) is 6.61. The number of esters is 2. The molecule has 10 heteroatoms. The predicted molar refractivity (Wildman–Crippen MR) is 113 cm³/mol. The fraction of sp³-hybridized carbons (Fsp3) is 0.600. The summed E-state index contributed by atoms with van der Waals surface area (Å²) in [6.45, 7) is 11.8. The Morgan fingerprint density at radius 1 is 0.600 bits per heavy atom. The molecule has 0 fully saturated rings. The molecule has 0 saturated heterocycles. The van der Waals surface area contributed by atoms with Crippen LogP contribution in [0.1, 0.15) is 39.5 Å². The van der Waals surface area contributed by atoms with E-state index in [2.05, 4.69) is 34.4 Å². The molecule has 10 nitrogen and oxygen atoms in total. The maximum Gasteiger partial charge on any atom is 0.333 e. The average molecular weight is 427 g/mol. The van der Waals surface area contributed by atoms with Gasteiger partial charge >= 0.3 is 24.0 Å². The van der Waals surface area contributed by atoms with Gasteiger partial charge in [0.1, 0.15) is 13.2 Å². The highest BCUT2D eigenvalue weighted by atomic mass is 16.5. The van der Waals surface area contributed by atoms with Gasteiger partial charge in [0.15, 0.2) is 0 Å². The van der Waals surface area contributed by atoms with Gasteiger partial charge in [-0.2, -0.15) is 0 Å². The number of urea groups is 2. The van der Waals surface area contributed by atoms with Crippen molar-refractivity contribution in [3.8, 4) is 0 Å². The standard InChI is InChI=1S/C20H34N4O6/c1-15(2)17(25)29-13-11-23-19(27)21-9-7-5-6-8-10-22-20(28)24-12-14-30-18(26)16(3)4/h1,3,5-14H2,2,4H3,(H2,21,23,27)(H2,22,24,28). The summed E-state index contributed by atoms with van der Waals surface area (Å²) in [5, 5.41) is 10.6. The molecule has 0 aromatic carbocycles. The molecular weight excluding hydrogens is 392 g/mol. The average Bonchev–Trinajstić information content (AvgIpc) is 2.69. The fourth-order valence-electron chi connectivity index (χ4n) is 2.00. The summed E-state index contributed by atoms with van der Waals surface area (Å²) in [5.74, 6) is -0.957. The van der Waals surface area contributed by atoms with Crippen LogP contribution in [-0.2, 0) is 19.1 Å². The normalized spacial score (nSPS) is 9.80. The van der Waals surface area contributed by atoms with Crippen molar-refractivity contribution >= 4 is 24.0 Å². The lowest BCUT2D eigenvalue weighted by molar-refractivity contribution is -0.139. The van der Waals surface area contributed by atoms with E-state index in [0.717, 1.165) is 25.7 Å². The van der Waals surface area contributed by atoms with Crippen LogP contribution in [0, 0.1) is 0 Å². The Hall–Kier alpha value is -3.04. The van der Waals surface area contributed by atoms with Crippen LogP contribution in [0.15, 0.2) is 24.3 Å². The van der Waals surface area contributed by atoms with Crippen molar-refractivity contribution in [2.24, 2.45) is 0 Å². The lowest BCUT2D eigenvalue weighted by Crippen LogP contribution is -2.38. The van der Waals surface area contributed by atoms with E-state index in [9.17, 15) is 19.2 Å². The Kier molecular flexibility index (Phi) is 15.2. The SMILES string of the molecule is C=C(C)C(=O)OCCNC(=O)NCCCCCCNC(=O)NCCOC(=O)C(=C)C. The van der Waals surface area contributed by atoms with Crippen molar-refractivity contribution < 1.29 is 28.7 Å². The highest BCUT2D eigenvalue weighted by molar-refractivity contribution is 5.87. The number of hydrogen-bond donors (Lipinski definition) is 4. The van der Waals surface area contributed by atoms with Crippen molar-refractivity contribution in [2.45, 2.75) is 39.5 Å². The molecule has 170 valence electrons. The summed E-state index contributed by atoms with van der Waals surface area (Å²) >= 11 is 0. The highest BCUT2D eigenvalue weighted by Crippen LogP contribution is 1.98. The zero-order chi connectivity index (χ0) is 22.8. The Bertz CT molecular complexity index is 554. The summed E-state index contributed by atoms with van der Waals surface area (Å²) in [6.07, 6.45) is 3.46. The second-order valence-corrected chi connectivity index (χ2v) is 6.61.